The summed E-state index contributed by atoms with van der Waals surface area (Å²) < 4.78 is 0. The molecule has 0 aliphatic carbocycles. The highest BCUT2D eigenvalue weighted by atomic mass is 16.3. The number of carbonyl (C=O) groups is 1. The van der Waals surface area contributed by atoms with Crippen molar-refractivity contribution in [1.82, 2.24) is 10.2 Å². The second kappa shape index (κ2) is 5.83. The molecule has 0 bridgehead atoms. The van der Waals surface area contributed by atoms with Gasteiger partial charge in [0, 0.05) is 25.0 Å². The zero-order valence-corrected chi connectivity index (χ0v) is 11.5. The summed E-state index contributed by atoms with van der Waals surface area (Å²) in [5, 5.41) is 12.9. The lowest BCUT2D eigenvalue weighted by molar-refractivity contribution is -0.122. The molecule has 2 N–H and O–H groups in total. The van der Waals surface area contributed by atoms with Gasteiger partial charge in [0.2, 0.25) is 5.91 Å². The molecule has 100 valence electrons. The Morgan fingerprint density at radius 1 is 1.53 bits per heavy atom. The molecule has 1 unspecified atom stereocenters. The van der Waals surface area contributed by atoms with E-state index in [1.807, 2.05) is 27.7 Å². The zero-order chi connectivity index (χ0) is 13.1. The Morgan fingerprint density at radius 2 is 2.18 bits per heavy atom. The van der Waals surface area contributed by atoms with E-state index in [4.69, 9.17) is 0 Å². The summed E-state index contributed by atoms with van der Waals surface area (Å²) in [6.45, 7) is 9.37. The number of rotatable bonds is 5. The molecule has 1 saturated heterocycles. The molecule has 1 aliphatic heterocycles. The minimum Gasteiger partial charge on any atom is -0.389 e. The molecule has 0 radical (unpaired) electrons. The first-order valence-corrected chi connectivity index (χ1v) is 6.56. The van der Waals surface area contributed by atoms with Crippen molar-refractivity contribution >= 4 is 5.91 Å². The van der Waals surface area contributed by atoms with Gasteiger partial charge in [-0.15, -0.1) is 0 Å². The van der Waals surface area contributed by atoms with Gasteiger partial charge in [0.1, 0.15) is 0 Å². The van der Waals surface area contributed by atoms with Crippen LogP contribution in [0.25, 0.3) is 0 Å². The van der Waals surface area contributed by atoms with Crippen molar-refractivity contribution < 1.29 is 9.90 Å². The van der Waals surface area contributed by atoms with Crippen molar-refractivity contribution in [2.45, 2.75) is 64.6 Å². The average molecular weight is 242 g/mol. The predicted molar refractivity (Wildman–Crippen MR) is 68.8 cm³/mol. The molecule has 1 rings (SSSR count). The average Bonchev–Trinajstić information content (AvgIpc) is 2.60. The van der Waals surface area contributed by atoms with Crippen LogP contribution in [0, 0.1) is 0 Å². The van der Waals surface area contributed by atoms with Crippen LogP contribution >= 0.6 is 0 Å². The molecule has 4 nitrogen and oxygen atoms in total. The smallest absolute Gasteiger partial charge is 0.221 e. The quantitative estimate of drug-likeness (QED) is 0.760. The van der Waals surface area contributed by atoms with E-state index in [2.05, 4.69) is 10.2 Å². The molecule has 0 aromatic heterocycles. The number of aliphatic hydroxyl groups is 1. The van der Waals surface area contributed by atoms with E-state index in [0.717, 1.165) is 25.9 Å². The van der Waals surface area contributed by atoms with Gasteiger partial charge in [-0.3, -0.25) is 9.69 Å². The molecule has 1 fully saturated rings. The first kappa shape index (κ1) is 14.5. The Kier molecular flexibility index (Phi) is 4.95. The standard InChI is InChI=1S/C13H26N2O2/c1-10(2)14-12(16)7-9-15-8-5-6-11(15)13(3,4)17/h10-11,17H,5-9H2,1-4H3,(H,14,16). The summed E-state index contributed by atoms with van der Waals surface area (Å²) in [6.07, 6.45) is 2.65. The lowest BCUT2D eigenvalue weighted by Crippen LogP contribution is -2.46. The van der Waals surface area contributed by atoms with E-state index >= 15 is 0 Å². The third-order valence-corrected chi connectivity index (χ3v) is 3.25. The van der Waals surface area contributed by atoms with Crippen LogP contribution in [0.5, 0.6) is 0 Å². The summed E-state index contributed by atoms with van der Waals surface area (Å²) in [7, 11) is 0. The van der Waals surface area contributed by atoms with E-state index in [1.165, 1.54) is 0 Å². The SMILES string of the molecule is CC(C)NC(=O)CCN1CCCC1C(C)(C)O. The first-order valence-electron chi connectivity index (χ1n) is 6.56. The van der Waals surface area contributed by atoms with Crippen LogP contribution in [0.3, 0.4) is 0 Å². The third-order valence-electron chi connectivity index (χ3n) is 3.25. The van der Waals surface area contributed by atoms with Crippen LogP contribution in [-0.2, 0) is 4.79 Å². The number of hydrogen-bond acceptors (Lipinski definition) is 3. The summed E-state index contributed by atoms with van der Waals surface area (Å²) in [4.78, 5) is 13.8. The maximum absolute atomic E-state index is 11.6. The van der Waals surface area contributed by atoms with Crippen molar-refractivity contribution in [2.24, 2.45) is 0 Å². The lowest BCUT2D eigenvalue weighted by Gasteiger charge is -2.33. The number of likely N-dealkylation sites (tertiary alicyclic amines) is 1. The number of nitrogens with zero attached hydrogens (tertiary/aromatic N) is 1. The monoisotopic (exact) mass is 242 g/mol. The Morgan fingerprint density at radius 3 is 2.71 bits per heavy atom. The fraction of sp³-hybridized carbons (Fsp3) is 0.923. The van der Waals surface area contributed by atoms with Gasteiger partial charge in [-0.05, 0) is 47.1 Å². The van der Waals surface area contributed by atoms with Gasteiger partial charge < -0.3 is 10.4 Å². The lowest BCUT2D eigenvalue weighted by atomic mass is 9.96. The second-order valence-corrected chi connectivity index (χ2v) is 5.82. The van der Waals surface area contributed by atoms with Gasteiger partial charge >= 0.3 is 0 Å². The van der Waals surface area contributed by atoms with Gasteiger partial charge in [0.15, 0.2) is 0 Å². The van der Waals surface area contributed by atoms with Crippen molar-refractivity contribution in [2.75, 3.05) is 13.1 Å². The van der Waals surface area contributed by atoms with E-state index in [1.54, 1.807) is 0 Å². The molecule has 1 heterocycles. The van der Waals surface area contributed by atoms with E-state index in [0.29, 0.717) is 6.42 Å². The highest BCUT2D eigenvalue weighted by molar-refractivity contribution is 5.76. The number of amides is 1. The minimum atomic E-state index is -0.676. The maximum Gasteiger partial charge on any atom is 0.221 e. The summed E-state index contributed by atoms with van der Waals surface area (Å²) in [5.41, 5.74) is -0.676. The van der Waals surface area contributed by atoms with Crippen LogP contribution < -0.4 is 5.32 Å². The Balaban J connectivity index is 2.38. The van der Waals surface area contributed by atoms with Crippen LogP contribution in [0.4, 0.5) is 0 Å². The van der Waals surface area contributed by atoms with Crippen LogP contribution in [0.1, 0.15) is 47.0 Å². The highest BCUT2D eigenvalue weighted by Gasteiger charge is 2.35. The largest absolute Gasteiger partial charge is 0.389 e. The van der Waals surface area contributed by atoms with Gasteiger partial charge in [0.05, 0.1) is 5.60 Å². The molecule has 4 heteroatoms. The van der Waals surface area contributed by atoms with Gasteiger partial charge in [-0.25, -0.2) is 0 Å². The second-order valence-electron chi connectivity index (χ2n) is 5.82. The fourth-order valence-corrected chi connectivity index (χ4v) is 2.53. The number of carbonyl (C=O) groups excluding carboxylic acids is 1. The van der Waals surface area contributed by atoms with E-state index in [9.17, 15) is 9.90 Å². The summed E-state index contributed by atoms with van der Waals surface area (Å²) in [5.74, 6) is 0.0985. The fourth-order valence-electron chi connectivity index (χ4n) is 2.53. The van der Waals surface area contributed by atoms with E-state index in [-0.39, 0.29) is 18.0 Å². The highest BCUT2D eigenvalue weighted by Crippen LogP contribution is 2.26. The predicted octanol–water partition coefficient (Wildman–Crippen LogP) is 1.14. The van der Waals surface area contributed by atoms with Crippen LogP contribution in [0.15, 0.2) is 0 Å². The molecule has 0 aromatic carbocycles. The summed E-state index contributed by atoms with van der Waals surface area (Å²) >= 11 is 0. The van der Waals surface area contributed by atoms with Crippen LogP contribution in [-0.4, -0.2) is 46.7 Å². The first-order chi connectivity index (χ1) is 7.80. The molecule has 1 aliphatic rings. The number of nitrogens with one attached hydrogen (secondary N) is 1. The topological polar surface area (TPSA) is 52.6 Å². The third kappa shape index (κ3) is 4.64. The Hall–Kier alpha value is -0.610. The normalized spacial score (nSPS) is 22.1. The zero-order valence-electron chi connectivity index (χ0n) is 11.5. The molecule has 0 saturated carbocycles. The molecule has 1 amide bonds. The minimum absolute atomic E-state index is 0.0985. The molecular formula is C13H26N2O2. The van der Waals surface area contributed by atoms with E-state index < -0.39 is 5.60 Å². The summed E-state index contributed by atoms with van der Waals surface area (Å²) in [6, 6.07) is 0.389. The molecule has 0 aromatic rings. The van der Waals surface area contributed by atoms with Gasteiger partial charge in [0.25, 0.3) is 0 Å². The molecular weight excluding hydrogens is 216 g/mol. The van der Waals surface area contributed by atoms with Gasteiger partial charge in [-0.2, -0.15) is 0 Å². The molecule has 1 atom stereocenters. The van der Waals surface area contributed by atoms with Crippen molar-refractivity contribution in [3.8, 4) is 0 Å². The molecule has 17 heavy (non-hydrogen) atoms. The Labute approximate surface area is 104 Å². The van der Waals surface area contributed by atoms with Crippen molar-refractivity contribution in [1.29, 1.82) is 0 Å². The van der Waals surface area contributed by atoms with Crippen molar-refractivity contribution in [3.63, 3.8) is 0 Å². The maximum atomic E-state index is 11.6. The van der Waals surface area contributed by atoms with Gasteiger partial charge in [-0.1, -0.05) is 0 Å². The molecule has 0 spiro atoms. The number of hydrogen-bond donors (Lipinski definition) is 2. The van der Waals surface area contributed by atoms with Crippen LogP contribution in [0.2, 0.25) is 0 Å². The van der Waals surface area contributed by atoms with Crippen molar-refractivity contribution in [3.05, 3.63) is 0 Å². The Bertz CT molecular complexity index is 259.